The molecule has 2 aromatic rings. The van der Waals surface area contributed by atoms with Crippen LogP contribution in [-0.4, -0.2) is 17.1 Å². The van der Waals surface area contributed by atoms with Crippen LogP contribution in [0.2, 0.25) is 5.02 Å². The summed E-state index contributed by atoms with van der Waals surface area (Å²) in [5, 5.41) is 9.11. The highest BCUT2D eigenvalue weighted by molar-refractivity contribution is 6.31. The zero-order chi connectivity index (χ0) is 19.4. The minimum Gasteiger partial charge on any atom is -0.303 e. The number of benzene rings is 2. The van der Waals surface area contributed by atoms with Gasteiger partial charge < -0.3 is 4.79 Å². The minimum atomic E-state index is -0.109. The van der Waals surface area contributed by atoms with Crippen molar-refractivity contribution < 1.29 is 4.79 Å². The maximum atomic E-state index is 11.1. The van der Waals surface area contributed by atoms with Crippen molar-refractivity contribution in [3.8, 4) is 0 Å². The van der Waals surface area contributed by atoms with Crippen LogP contribution in [0.3, 0.4) is 0 Å². The lowest BCUT2D eigenvalue weighted by Crippen LogP contribution is -2.45. The van der Waals surface area contributed by atoms with Crippen molar-refractivity contribution in [2.24, 2.45) is 11.0 Å². The van der Waals surface area contributed by atoms with Gasteiger partial charge in [0.1, 0.15) is 12.1 Å². The van der Waals surface area contributed by atoms with E-state index in [9.17, 15) is 4.79 Å². The normalized spacial score (nSPS) is 14.9. The van der Waals surface area contributed by atoms with Gasteiger partial charge in [0, 0.05) is 17.4 Å². The summed E-state index contributed by atoms with van der Waals surface area (Å²) in [6.07, 6.45) is 1.51. The Bertz CT molecular complexity index is 819. The first-order valence-corrected chi connectivity index (χ1v) is 9.56. The number of nitrogens with one attached hydrogen (secondary N) is 1. The number of aldehydes is 1. The predicted octanol–water partition coefficient (Wildman–Crippen LogP) is 4.74. The number of nitrogens with zero attached hydrogens (tertiary/aromatic N) is 3. The number of halogens is 1. The molecule has 0 spiro atoms. The van der Waals surface area contributed by atoms with E-state index in [-0.39, 0.29) is 5.92 Å². The Hall–Kier alpha value is -2.53. The van der Waals surface area contributed by atoms with Gasteiger partial charge >= 0.3 is 0 Å². The molecular weight excluding hydrogens is 360 g/mol. The average molecular weight is 385 g/mol. The highest BCUT2D eigenvalue weighted by Crippen LogP contribution is 2.26. The van der Waals surface area contributed by atoms with Crippen molar-refractivity contribution in [3.63, 3.8) is 0 Å². The molecule has 0 saturated carbocycles. The van der Waals surface area contributed by atoms with E-state index in [1.54, 1.807) is 0 Å². The molecule has 1 aliphatic rings. The van der Waals surface area contributed by atoms with E-state index in [2.05, 4.69) is 48.7 Å². The second-order valence-corrected chi connectivity index (χ2v) is 7.56. The van der Waals surface area contributed by atoms with E-state index in [1.807, 2.05) is 41.3 Å². The van der Waals surface area contributed by atoms with Gasteiger partial charge in [-0.2, -0.15) is 10.7 Å². The number of anilines is 1. The summed E-state index contributed by atoms with van der Waals surface area (Å²) in [5.74, 6) is 1.18. The summed E-state index contributed by atoms with van der Waals surface area (Å²) < 4.78 is 0. The molecule has 1 N–H and O–H groups in total. The van der Waals surface area contributed by atoms with Gasteiger partial charge in [0.05, 0.1) is 12.2 Å². The number of rotatable bonds is 7. The predicted molar refractivity (Wildman–Crippen MR) is 110 cm³/mol. The van der Waals surface area contributed by atoms with Gasteiger partial charge in [-0.15, -0.1) is 5.10 Å². The zero-order valence-corrected chi connectivity index (χ0v) is 16.6. The van der Waals surface area contributed by atoms with Gasteiger partial charge in [0.15, 0.2) is 0 Å². The zero-order valence-electron chi connectivity index (χ0n) is 15.9. The fraction of sp³-hybridized carbons (Fsp3) is 0.333. The first-order chi connectivity index (χ1) is 13.0. The van der Waals surface area contributed by atoms with Crippen LogP contribution in [0.4, 0.5) is 5.69 Å². The first kappa shape index (κ1) is 19.2. The van der Waals surface area contributed by atoms with Gasteiger partial charge in [-0.3, -0.25) is 0 Å². The lowest BCUT2D eigenvalue weighted by molar-refractivity contribution is -0.110. The second kappa shape index (κ2) is 8.44. The van der Waals surface area contributed by atoms with Gasteiger partial charge in [-0.1, -0.05) is 62.7 Å². The molecule has 1 atom stereocenters. The largest absolute Gasteiger partial charge is 0.303 e. The number of hydrogen-bond donors (Lipinski definition) is 1. The lowest BCUT2D eigenvalue weighted by Gasteiger charge is -2.31. The Balaban J connectivity index is 1.88. The first-order valence-electron chi connectivity index (χ1n) is 9.18. The highest BCUT2D eigenvalue weighted by atomic mass is 35.5. The van der Waals surface area contributed by atoms with Crippen LogP contribution < -0.4 is 10.7 Å². The molecule has 3 rings (SSSR count). The van der Waals surface area contributed by atoms with E-state index in [1.165, 1.54) is 5.56 Å². The third-order valence-electron chi connectivity index (χ3n) is 4.63. The molecule has 0 aromatic heterocycles. The molecule has 0 bridgehead atoms. The number of amidine groups is 1. The maximum Gasteiger partial charge on any atom is 0.148 e. The molecule has 6 heteroatoms. The van der Waals surface area contributed by atoms with E-state index in [0.717, 1.165) is 23.4 Å². The number of hydrazine groups is 2. The van der Waals surface area contributed by atoms with Gasteiger partial charge in [0.2, 0.25) is 0 Å². The summed E-state index contributed by atoms with van der Waals surface area (Å²) in [5.41, 5.74) is 6.34. The molecular formula is C21H25ClN4O. The summed E-state index contributed by atoms with van der Waals surface area (Å²) >= 11 is 6.37. The number of hydrogen-bond acceptors (Lipinski definition) is 5. The molecule has 27 heavy (non-hydrogen) atoms. The molecule has 1 aliphatic heterocycles. The van der Waals surface area contributed by atoms with E-state index >= 15 is 0 Å². The third-order valence-corrected chi connectivity index (χ3v) is 5.00. The summed E-state index contributed by atoms with van der Waals surface area (Å²) in [4.78, 5) is 11.1. The number of carbonyl (C=O) groups excluding carboxylic acids is 1. The van der Waals surface area contributed by atoms with E-state index in [4.69, 9.17) is 11.6 Å². The summed E-state index contributed by atoms with van der Waals surface area (Å²) in [6.45, 7) is 6.80. The molecule has 142 valence electrons. The van der Waals surface area contributed by atoms with Gasteiger partial charge in [0.25, 0.3) is 0 Å². The average Bonchev–Trinajstić information content (AvgIpc) is 3.05. The van der Waals surface area contributed by atoms with E-state index in [0.29, 0.717) is 23.9 Å². The molecule has 1 heterocycles. The molecule has 0 aliphatic carbocycles. The fourth-order valence-corrected chi connectivity index (χ4v) is 3.16. The molecule has 0 saturated heterocycles. The maximum absolute atomic E-state index is 11.1. The third kappa shape index (κ3) is 4.42. The Morgan fingerprint density at radius 3 is 2.44 bits per heavy atom. The van der Waals surface area contributed by atoms with Crippen molar-refractivity contribution >= 4 is 29.4 Å². The number of hydrazone groups is 1. The lowest BCUT2D eigenvalue weighted by atomic mass is 10.0. The van der Waals surface area contributed by atoms with Crippen molar-refractivity contribution in [1.29, 1.82) is 0 Å². The summed E-state index contributed by atoms with van der Waals surface area (Å²) in [7, 11) is 0. The van der Waals surface area contributed by atoms with Gasteiger partial charge in [-0.25, -0.2) is 5.01 Å². The van der Waals surface area contributed by atoms with Crippen LogP contribution >= 0.6 is 11.6 Å². The van der Waals surface area contributed by atoms with Crippen molar-refractivity contribution in [1.82, 2.24) is 10.5 Å². The Morgan fingerprint density at radius 1 is 1.11 bits per heavy atom. The van der Waals surface area contributed by atoms with Crippen molar-refractivity contribution in [2.45, 2.75) is 39.7 Å². The van der Waals surface area contributed by atoms with Crippen LogP contribution in [0.1, 0.15) is 44.2 Å². The molecule has 0 radical (unpaired) electrons. The van der Waals surface area contributed by atoms with E-state index < -0.39 is 0 Å². The quantitative estimate of drug-likeness (QED) is 0.700. The van der Waals surface area contributed by atoms with Crippen LogP contribution in [0.15, 0.2) is 53.6 Å². The van der Waals surface area contributed by atoms with Crippen LogP contribution in [-0.2, 0) is 11.3 Å². The Kier molecular flexibility index (Phi) is 6.01. The molecule has 1 unspecified atom stereocenters. The highest BCUT2D eigenvalue weighted by Gasteiger charge is 2.28. The smallest absolute Gasteiger partial charge is 0.148 e. The molecule has 2 aromatic carbocycles. The second-order valence-electron chi connectivity index (χ2n) is 7.15. The van der Waals surface area contributed by atoms with Crippen LogP contribution in [0, 0.1) is 5.92 Å². The molecule has 5 nitrogen and oxygen atoms in total. The standard InChI is InChI=1S/C21H25ClN4O/c1-15(2)17-8-10-19(11-9-17)26-24-23-21(12-16(3)14-27)25(26)13-18-6-4-5-7-20(18)22/h4-11,14-16,24H,12-13H2,1-3H3. The Morgan fingerprint density at radius 2 is 1.81 bits per heavy atom. The SMILES string of the molecule is CC(C=O)CC1=NNN(c2ccc(C(C)C)cc2)N1Cc1ccccc1Cl. The monoisotopic (exact) mass is 384 g/mol. The van der Waals surface area contributed by atoms with Crippen molar-refractivity contribution in [3.05, 3.63) is 64.7 Å². The van der Waals surface area contributed by atoms with Crippen LogP contribution in [0.5, 0.6) is 0 Å². The summed E-state index contributed by atoms with van der Waals surface area (Å²) in [6, 6.07) is 16.2. The van der Waals surface area contributed by atoms with Crippen molar-refractivity contribution in [2.75, 3.05) is 5.12 Å². The molecule has 0 amide bonds. The molecule has 0 fully saturated rings. The fourth-order valence-electron chi connectivity index (χ4n) is 2.97. The van der Waals surface area contributed by atoms with Crippen LogP contribution in [0.25, 0.3) is 0 Å². The number of carbonyl (C=O) groups is 1. The topological polar surface area (TPSA) is 47.9 Å². The minimum absolute atomic E-state index is 0.109. The Labute approximate surface area is 165 Å². The van der Waals surface area contributed by atoms with Gasteiger partial charge in [-0.05, 0) is 35.2 Å².